The molecule has 2 aromatic rings. The molecule has 0 fully saturated rings. The lowest BCUT2D eigenvalue weighted by Crippen LogP contribution is -2.43. The molecule has 26 heavy (non-hydrogen) atoms. The summed E-state index contributed by atoms with van der Waals surface area (Å²) >= 11 is 0. The molecule has 0 aromatic heterocycles. The van der Waals surface area contributed by atoms with Crippen molar-refractivity contribution in [3.8, 4) is 5.75 Å². The Morgan fingerprint density at radius 3 is 2.15 bits per heavy atom. The van der Waals surface area contributed by atoms with Crippen molar-refractivity contribution in [2.75, 3.05) is 11.9 Å². The number of hydrogen-bond acceptors (Lipinski definition) is 4. The number of nitrogens with one attached hydrogen (secondary N) is 3. The molecule has 0 unspecified atom stereocenters. The van der Waals surface area contributed by atoms with Gasteiger partial charge in [0.1, 0.15) is 5.75 Å². The van der Waals surface area contributed by atoms with Gasteiger partial charge in [0, 0.05) is 18.2 Å². The van der Waals surface area contributed by atoms with Crippen LogP contribution >= 0.6 is 0 Å². The van der Waals surface area contributed by atoms with Crippen molar-refractivity contribution in [2.45, 2.75) is 20.3 Å². The molecule has 0 radical (unpaired) electrons. The van der Waals surface area contributed by atoms with Gasteiger partial charge in [0.15, 0.2) is 6.61 Å². The molecule has 2 rings (SSSR count). The van der Waals surface area contributed by atoms with Gasteiger partial charge in [0.05, 0.1) is 0 Å². The summed E-state index contributed by atoms with van der Waals surface area (Å²) in [4.78, 5) is 34.7. The maximum absolute atomic E-state index is 12.0. The first kappa shape index (κ1) is 19.0. The number of ether oxygens (including phenoxy) is 1. The standard InChI is InChI=1S/C19H21N3O4/c1-3-14-4-10-17(11-5-14)26-12-18(24)21-22-19(25)15-6-8-16(9-7-15)20-13(2)23/h4-11H,3,12H2,1-2H3,(H,20,23)(H,21,24)(H,22,25). The first-order chi connectivity index (χ1) is 12.5. The van der Waals surface area contributed by atoms with Gasteiger partial charge < -0.3 is 10.1 Å². The molecule has 0 atom stereocenters. The minimum Gasteiger partial charge on any atom is -0.484 e. The largest absolute Gasteiger partial charge is 0.484 e. The Labute approximate surface area is 151 Å². The molecule has 0 aliphatic carbocycles. The van der Waals surface area contributed by atoms with E-state index >= 15 is 0 Å². The third-order valence-electron chi connectivity index (χ3n) is 3.48. The van der Waals surface area contributed by atoms with Crippen LogP contribution in [0.3, 0.4) is 0 Å². The highest BCUT2D eigenvalue weighted by Gasteiger charge is 2.08. The summed E-state index contributed by atoms with van der Waals surface area (Å²) in [5.74, 6) is -0.566. The molecule has 0 bridgehead atoms. The highest BCUT2D eigenvalue weighted by Crippen LogP contribution is 2.12. The van der Waals surface area contributed by atoms with E-state index in [-0.39, 0.29) is 12.5 Å². The fraction of sp³-hybridized carbons (Fsp3) is 0.211. The summed E-state index contributed by atoms with van der Waals surface area (Å²) in [5, 5.41) is 2.60. The minimum atomic E-state index is -0.479. The molecular weight excluding hydrogens is 334 g/mol. The maximum atomic E-state index is 12.0. The van der Waals surface area contributed by atoms with Crippen LogP contribution < -0.4 is 20.9 Å². The Hall–Kier alpha value is -3.35. The Balaban J connectivity index is 1.77. The molecule has 7 heteroatoms. The molecule has 0 saturated heterocycles. The van der Waals surface area contributed by atoms with Crippen LogP contribution in [0.4, 0.5) is 5.69 Å². The topological polar surface area (TPSA) is 96.5 Å². The fourth-order valence-electron chi connectivity index (χ4n) is 2.11. The summed E-state index contributed by atoms with van der Waals surface area (Å²) in [6.07, 6.45) is 0.929. The smallest absolute Gasteiger partial charge is 0.276 e. The van der Waals surface area contributed by atoms with E-state index in [1.165, 1.54) is 12.5 Å². The first-order valence-corrected chi connectivity index (χ1v) is 8.16. The molecule has 3 amide bonds. The predicted molar refractivity (Wildman–Crippen MR) is 97.7 cm³/mol. The second-order valence-electron chi connectivity index (χ2n) is 5.55. The van der Waals surface area contributed by atoms with Gasteiger partial charge in [0.2, 0.25) is 5.91 Å². The van der Waals surface area contributed by atoms with Crippen molar-refractivity contribution in [1.29, 1.82) is 0 Å². The van der Waals surface area contributed by atoms with Crippen LogP contribution in [0.5, 0.6) is 5.75 Å². The number of hydrogen-bond donors (Lipinski definition) is 3. The van der Waals surface area contributed by atoms with Crippen LogP contribution in [-0.2, 0) is 16.0 Å². The Kier molecular flexibility index (Phi) is 6.73. The van der Waals surface area contributed by atoms with Gasteiger partial charge in [-0.1, -0.05) is 19.1 Å². The summed E-state index contributed by atoms with van der Waals surface area (Å²) in [7, 11) is 0. The monoisotopic (exact) mass is 355 g/mol. The van der Waals surface area contributed by atoms with Crippen LogP contribution in [0.25, 0.3) is 0 Å². The fourth-order valence-corrected chi connectivity index (χ4v) is 2.11. The van der Waals surface area contributed by atoms with Crippen LogP contribution in [0.2, 0.25) is 0 Å². The van der Waals surface area contributed by atoms with Crippen LogP contribution in [0.1, 0.15) is 29.8 Å². The Bertz CT molecular complexity index is 770. The highest BCUT2D eigenvalue weighted by atomic mass is 16.5. The number of amides is 3. The number of carbonyl (C=O) groups is 3. The highest BCUT2D eigenvalue weighted by molar-refractivity contribution is 5.96. The van der Waals surface area contributed by atoms with E-state index < -0.39 is 11.8 Å². The van der Waals surface area contributed by atoms with Crippen LogP contribution in [0, 0.1) is 0 Å². The van der Waals surface area contributed by atoms with E-state index in [2.05, 4.69) is 23.1 Å². The van der Waals surface area contributed by atoms with Gasteiger partial charge in [-0.3, -0.25) is 25.2 Å². The lowest BCUT2D eigenvalue weighted by molar-refractivity contribution is -0.123. The second-order valence-corrected chi connectivity index (χ2v) is 5.55. The molecule has 2 aromatic carbocycles. The van der Waals surface area contributed by atoms with Crippen molar-refractivity contribution in [3.63, 3.8) is 0 Å². The average Bonchev–Trinajstić information content (AvgIpc) is 2.65. The molecule has 0 aliphatic rings. The van der Waals surface area contributed by atoms with Crippen LogP contribution in [0.15, 0.2) is 48.5 Å². The van der Waals surface area contributed by atoms with Gasteiger partial charge in [-0.2, -0.15) is 0 Å². The summed E-state index contributed by atoms with van der Waals surface area (Å²) in [5.41, 5.74) is 6.70. The first-order valence-electron chi connectivity index (χ1n) is 8.16. The summed E-state index contributed by atoms with van der Waals surface area (Å²) in [6, 6.07) is 13.7. The molecule has 7 nitrogen and oxygen atoms in total. The van der Waals surface area contributed by atoms with Crippen molar-refractivity contribution < 1.29 is 19.1 Å². The number of anilines is 1. The molecular formula is C19H21N3O4. The van der Waals surface area contributed by atoms with E-state index in [9.17, 15) is 14.4 Å². The average molecular weight is 355 g/mol. The van der Waals surface area contributed by atoms with Crippen molar-refractivity contribution in [2.24, 2.45) is 0 Å². The van der Waals surface area contributed by atoms with E-state index in [1.54, 1.807) is 36.4 Å². The quantitative estimate of drug-likeness (QED) is 0.691. The lowest BCUT2D eigenvalue weighted by Gasteiger charge is -2.09. The van der Waals surface area contributed by atoms with Gasteiger partial charge in [-0.05, 0) is 48.4 Å². The number of rotatable bonds is 6. The number of hydrazine groups is 1. The Morgan fingerprint density at radius 1 is 0.923 bits per heavy atom. The second kappa shape index (κ2) is 9.22. The SMILES string of the molecule is CCc1ccc(OCC(=O)NNC(=O)c2ccc(NC(C)=O)cc2)cc1. The van der Waals surface area contributed by atoms with Crippen LogP contribution in [-0.4, -0.2) is 24.3 Å². The molecule has 0 aliphatic heterocycles. The zero-order chi connectivity index (χ0) is 18.9. The van der Waals surface area contributed by atoms with E-state index in [4.69, 9.17) is 4.74 Å². The number of aryl methyl sites for hydroxylation is 1. The van der Waals surface area contributed by atoms with Crippen molar-refractivity contribution in [3.05, 3.63) is 59.7 Å². The predicted octanol–water partition coefficient (Wildman–Crippen LogP) is 2.05. The zero-order valence-electron chi connectivity index (χ0n) is 14.7. The third-order valence-corrected chi connectivity index (χ3v) is 3.48. The normalized spacial score (nSPS) is 9.92. The summed E-state index contributed by atoms with van der Waals surface area (Å²) in [6.45, 7) is 3.24. The van der Waals surface area contributed by atoms with Crippen molar-refractivity contribution >= 4 is 23.4 Å². The Morgan fingerprint density at radius 2 is 1.58 bits per heavy atom. The van der Waals surface area contributed by atoms with Gasteiger partial charge in [0.25, 0.3) is 11.8 Å². The van der Waals surface area contributed by atoms with E-state index in [0.29, 0.717) is 17.0 Å². The van der Waals surface area contributed by atoms with Gasteiger partial charge in [-0.15, -0.1) is 0 Å². The minimum absolute atomic E-state index is 0.196. The van der Waals surface area contributed by atoms with Gasteiger partial charge in [-0.25, -0.2) is 0 Å². The van der Waals surface area contributed by atoms with Gasteiger partial charge >= 0.3 is 0 Å². The molecule has 0 heterocycles. The molecule has 136 valence electrons. The summed E-state index contributed by atoms with van der Waals surface area (Å²) < 4.78 is 5.35. The zero-order valence-corrected chi connectivity index (χ0v) is 14.7. The molecule has 0 spiro atoms. The molecule has 3 N–H and O–H groups in total. The van der Waals surface area contributed by atoms with Crippen molar-refractivity contribution in [1.82, 2.24) is 10.9 Å². The van der Waals surface area contributed by atoms with E-state index in [1.807, 2.05) is 12.1 Å². The molecule has 0 saturated carbocycles. The number of carbonyl (C=O) groups excluding carboxylic acids is 3. The maximum Gasteiger partial charge on any atom is 0.276 e. The lowest BCUT2D eigenvalue weighted by atomic mass is 10.2. The van der Waals surface area contributed by atoms with E-state index in [0.717, 1.165) is 6.42 Å². The third kappa shape index (κ3) is 5.94. The number of benzene rings is 2.